The van der Waals surface area contributed by atoms with Gasteiger partial charge in [0.05, 0.1) is 17.5 Å². The first-order valence-corrected chi connectivity index (χ1v) is 7.88. The molecule has 0 spiro atoms. The third-order valence-electron chi connectivity index (χ3n) is 3.20. The first-order chi connectivity index (χ1) is 11.3. The van der Waals surface area contributed by atoms with E-state index in [1.165, 1.54) is 18.2 Å². The lowest BCUT2D eigenvalue weighted by atomic mass is 10.3. The molecule has 1 aromatic rings. The molecule has 1 rings (SSSR count). The van der Waals surface area contributed by atoms with Gasteiger partial charge in [0, 0.05) is 18.7 Å². The van der Waals surface area contributed by atoms with Crippen molar-refractivity contribution in [1.82, 2.24) is 10.2 Å². The second kappa shape index (κ2) is 9.84. The van der Waals surface area contributed by atoms with Crippen LogP contribution in [0.15, 0.2) is 24.3 Å². The second-order valence-electron chi connectivity index (χ2n) is 5.77. The molecule has 8 heteroatoms. The Hall–Kier alpha value is -2.19. The molecule has 1 atom stereocenters. The molecule has 0 heterocycles. The second-order valence-corrected chi connectivity index (χ2v) is 5.77. The van der Waals surface area contributed by atoms with E-state index in [9.17, 15) is 20.0 Å². The Bertz CT molecular complexity index is 550. The summed E-state index contributed by atoms with van der Waals surface area (Å²) in [6.45, 7) is 6.74. The van der Waals surface area contributed by atoms with Gasteiger partial charge in [-0.2, -0.15) is 0 Å². The number of rotatable bonds is 10. The van der Waals surface area contributed by atoms with Crippen molar-refractivity contribution >= 4 is 11.6 Å². The number of nitrogens with zero attached hydrogens (tertiary/aromatic N) is 2. The molecule has 1 amide bonds. The van der Waals surface area contributed by atoms with Crippen molar-refractivity contribution in [2.75, 3.05) is 26.2 Å². The number of aliphatic hydroxyl groups excluding tert-OH is 1. The number of likely N-dealkylation sites (N-methyl/N-ethyl adjacent to an activating group) is 1. The third kappa shape index (κ3) is 7.38. The molecule has 0 radical (unpaired) electrons. The fraction of sp³-hybridized carbons (Fsp3) is 0.562. The molecule has 0 fully saturated rings. The summed E-state index contributed by atoms with van der Waals surface area (Å²) >= 11 is 0. The Morgan fingerprint density at radius 3 is 2.75 bits per heavy atom. The molecule has 8 nitrogen and oxygen atoms in total. The molecule has 0 aliphatic carbocycles. The number of hydrogen-bond donors (Lipinski definition) is 2. The maximum Gasteiger partial charge on any atom is 0.273 e. The summed E-state index contributed by atoms with van der Waals surface area (Å²) in [6.07, 6.45) is -0.809. The molecule has 2 N–H and O–H groups in total. The van der Waals surface area contributed by atoms with Gasteiger partial charge in [-0.25, -0.2) is 0 Å². The van der Waals surface area contributed by atoms with Crippen LogP contribution >= 0.6 is 0 Å². The van der Waals surface area contributed by atoms with Crippen LogP contribution in [-0.2, 0) is 4.79 Å². The van der Waals surface area contributed by atoms with E-state index in [0.29, 0.717) is 12.3 Å². The highest BCUT2D eigenvalue weighted by Crippen LogP contribution is 2.19. The van der Waals surface area contributed by atoms with Gasteiger partial charge in [0.2, 0.25) is 5.91 Å². The average Bonchev–Trinajstić information content (AvgIpc) is 2.51. The van der Waals surface area contributed by atoms with Crippen LogP contribution in [0.4, 0.5) is 5.69 Å². The van der Waals surface area contributed by atoms with Crippen molar-refractivity contribution in [1.29, 1.82) is 0 Å². The number of amides is 1. The van der Waals surface area contributed by atoms with Crippen LogP contribution in [-0.4, -0.2) is 59.2 Å². The molecule has 1 unspecified atom stereocenters. The van der Waals surface area contributed by atoms with E-state index >= 15 is 0 Å². The number of nitro groups is 1. The summed E-state index contributed by atoms with van der Waals surface area (Å²) in [5, 5.41) is 23.6. The van der Waals surface area contributed by atoms with E-state index in [2.05, 4.69) is 5.32 Å². The minimum Gasteiger partial charge on any atom is -0.491 e. The van der Waals surface area contributed by atoms with E-state index in [1.54, 1.807) is 11.0 Å². The van der Waals surface area contributed by atoms with Crippen LogP contribution in [0.25, 0.3) is 0 Å². The van der Waals surface area contributed by atoms with Crippen molar-refractivity contribution < 1.29 is 19.6 Å². The maximum atomic E-state index is 11.8. The number of carbonyl (C=O) groups excluding carboxylic acids is 1. The Labute approximate surface area is 141 Å². The van der Waals surface area contributed by atoms with Gasteiger partial charge in [0.25, 0.3) is 5.69 Å². The van der Waals surface area contributed by atoms with Gasteiger partial charge < -0.3 is 15.2 Å². The molecule has 0 saturated heterocycles. The lowest BCUT2D eigenvalue weighted by molar-refractivity contribution is -0.384. The number of aliphatic hydroxyl groups is 1. The van der Waals surface area contributed by atoms with Crippen molar-refractivity contribution in [3.63, 3.8) is 0 Å². The largest absolute Gasteiger partial charge is 0.491 e. The maximum absolute atomic E-state index is 11.8. The van der Waals surface area contributed by atoms with Crippen molar-refractivity contribution in [3.8, 4) is 5.75 Å². The molecule has 0 aromatic heterocycles. The fourth-order valence-corrected chi connectivity index (χ4v) is 2.11. The van der Waals surface area contributed by atoms with Crippen molar-refractivity contribution in [3.05, 3.63) is 34.4 Å². The third-order valence-corrected chi connectivity index (χ3v) is 3.20. The SMILES string of the molecule is CCN(CC(=O)NC(C)C)CC(O)COc1cccc([N+](=O)[O-])c1. The first-order valence-electron chi connectivity index (χ1n) is 7.88. The highest BCUT2D eigenvalue weighted by Gasteiger charge is 2.15. The predicted octanol–water partition coefficient (Wildman–Crippen LogP) is 1.18. The number of non-ortho nitro benzene ring substituents is 1. The van der Waals surface area contributed by atoms with Gasteiger partial charge in [0.15, 0.2) is 0 Å². The van der Waals surface area contributed by atoms with Crippen LogP contribution in [0.1, 0.15) is 20.8 Å². The molecule has 0 aliphatic heterocycles. The lowest BCUT2D eigenvalue weighted by Crippen LogP contribution is -2.43. The number of ether oxygens (including phenoxy) is 1. The van der Waals surface area contributed by atoms with E-state index in [1.807, 2.05) is 20.8 Å². The smallest absolute Gasteiger partial charge is 0.273 e. The zero-order valence-corrected chi connectivity index (χ0v) is 14.3. The minimum absolute atomic E-state index is 0.0104. The van der Waals surface area contributed by atoms with Crippen LogP contribution in [0.3, 0.4) is 0 Å². The Morgan fingerprint density at radius 1 is 1.46 bits per heavy atom. The first kappa shape index (κ1) is 19.9. The quantitative estimate of drug-likeness (QED) is 0.490. The van der Waals surface area contributed by atoms with Crippen molar-refractivity contribution in [2.24, 2.45) is 0 Å². The molecule has 1 aromatic carbocycles. The van der Waals surface area contributed by atoms with Gasteiger partial charge in [-0.3, -0.25) is 19.8 Å². The Morgan fingerprint density at radius 2 is 2.17 bits per heavy atom. The summed E-state index contributed by atoms with van der Waals surface area (Å²) in [5.41, 5.74) is -0.0671. The normalized spacial score (nSPS) is 12.2. The highest BCUT2D eigenvalue weighted by molar-refractivity contribution is 5.78. The minimum atomic E-state index is -0.809. The van der Waals surface area contributed by atoms with Crippen LogP contribution in [0.5, 0.6) is 5.75 Å². The predicted molar refractivity (Wildman–Crippen MR) is 90.0 cm³/mol. The van der Waals surface area contributed by atoms with Gasteiger partial charge in [-0.15, -0.1) is 0 Å². The number of hydrogen-bond acceptors (Lipinski definition) is 6. The van der Waals surface area contributed by atoms with Gasteiger partial charge in [-0.1, -0.05) is 13.0 Å². The number of nitro benzene ring substituents is 1. The van der Waals surface area contributed by atoms with Crippen LogP contribution in [0, 0.1) is 10.1 Å². The lowest BCUT2D eigenvalue weighted by Gasteiger charge is -2.23. The molecular weight excluding hydrogens is 314 g/mol. The molecule has 0 bridgehead atoms. The number of nitrogens with one attached hydrogen (secondary N) is 1. The molecular formula is C16H25N3O5. The molecule has 0 aliphatic rings. The monoisotopic (exact) mass is 339 g/mol. The summed E-state index contributed by atoms with van der Waals surface area (Å²) in [5.74, 6) is 0.225. The fourth-order valence-electron chi connectivity index (χ4n) is 2.11. The van der Waals surface area contributed by atoms with Gasteiger partial charge >= 0.3 is 0 Å². The number of carbonyl (C=O) groups is 1. The summed E-state index contributed by atoms with van der Waals surface area (Å²) in [4.78, 5) is 23.8. The summed E-state index contributed by atoms with van der Waals surface area (Å²) < 4.78 is 5.39. The van der Waals surface area contributed by atoms with E-state index in [0.717, 1.165) is 0 Å². The molecule has 134 valence electrons. The van der Waals surface area contributed by atoms with Crippen LogP contribution < -0.4 is 10.1 Å². The zero-order valence-electron chi connectivity index (χ0n) is 14.3. The summed E-state index contributed by atoms with van der Waals surface area (Å²) in [7, 11) is 0. The van der Waals surface area contributed by atoms with E-state index in [-0.39, 0.29) is 37.3 Å². The van der Waals surface area contributed by atoms with Gasteiger partial charge in [-0.05, 0) is 26.5 Å². The van der Waals surface area contributed by atoms with E-state index in [4.69, 9.17) is 4.74 Å². The highest BCUT2D eigenvalue weighted by atomic mass is 16.6. The topological polar surface area (TPSA) is 105 Å². The Kier molecular flexibility index (Phi) is 8.14. The number of benzene rings is 1. The van der Waals surface area contributed by atoms with Crippen molar-refractivity contribution in [2.45, 2.75) is 32.9 Å². The standard InChI is InChI=1S/C16H25N3O5/c1-4-18(10-16(21)17-12(2)3)9-14(20)11-24-15-7-5-6-13(8-15)19(22)23/h5-8,12,14,20H,4,9-11H2,1-3H3,(H,17,21). The average molecular weight is 339 g/mol. The van der Waals surface area contributed by atoms with Crippen LogP contribution in [0.2, 0.25) is 0 Å². The zero-order chi connectivity index (χ0) is 18.1. The van der Waals surface area contributed by atoms with E-state index < -0.39 is 11.0 Å². The molecule has 24 heavy (non-hydrogen) atoms. The summed E-state index contributed by atoms with van der Waals surface area (Å²) in [6, 6.07) is 5.86. The van der Waals surface area contributed by atoms with Gasteiger partial charge in [0.1, 0.15) is 18.5 Å². The molecule has 0 saturated carbocycles. The Balaban J connectivity index is 2.46.